The molecule has 1 N–H and O–H groups in total. The van der Waals surface area contributed by atoms with Crippen molar-refractivity contribution in [1.29, 1.82) is 0 Å². The zero-order chi connectivity index (χ0) is 24.2. The van der Waals surface area contributed by atoms with Gasteiger partial charge in [-0.1, -0.05) is 24.6 Å². The summed E-state index contributed by atoms with van der Waals surface area (Å²) in [7, 11) is 0. The molecule has 0 radical (unpaired) electrons. The van der Waals surface area contributed by atoms with Crippen LogP contribution >= 0.6 is 11.3 Å². The highest BCUT2D eigenvalue weighted by atomic mass is 32.1. The fourth-order valence-corrected chi connectivity index (χ4v) is 4.89. The van der Waals surface area contributed by atoms with Crippen LogP contribution in [0.4, 0.5) is 4.79 Å². The third kappa shape index (κ3) is 6.50. The number of nitrogens with one attached hydrogen (secondary N) is 1. The fraction of sp³-hybridized carbons (Fsp3) is 0.538. The highest BCUT2D eigenvalue weighted by Gasteiger charge is 2.34. The van der Waals surface area contributed by atoms with Crippen LogP contribution < -0.4 is 10.1 Å². The first-order valence-electron chi connectivity index (χ1n) is 11.7. The van der Waals surface area contributed by atoms with Gasteiger partial charge in [-0.15, -0.1) is 11.3 Å². The summed E-state index contributed by atoms with van der Waals surface area (Å²) in [5, 5.41) is 5.09. The number of nitrogens with zero attached hydrogens (tertiary/aromatic N) is 2. The largest absolute Gasteiger partial charge is 0.491 e. The van der Waals surface area contributed by atoms with E-state index in [0.29, 0.717) is 13.2 Å². The first kappa shape index (κ1) is 25.1. The number of fused-ring (bicyclic) bond motifs is 1. The molecule has 2 aromatic rings. The Bertz CT molecular complexity index is 948. The molecule has 0 aliphatic carbocycles. The van der Waals surface area contributed by atoms with Gasteiger partial charge in [0.1, 0.15) is 18.9 Å². The Hall–Kier alpha value is -2.54. The number of ether oxygens (including phenoxy) is 1. The maximum absolute atomic E-state index is 13.5. The molecule has 180 valence electrons. The van der Waals surface area contributed by atoms with E-state index in [0.717, 1.165) is 24.2 Å². The van der Waals surface area contributed by atoms with Crippen LogP contribution in [0.2, 0.25) is 0 Å². The number of hydrogen-bond acceptors (Lipinski definition) is 4. The molecule has 33 heavy (non-hydrogen) atoms. The first-order chi connectivity index (χ1) is 15.6. The van der Waals surface area contributed by atoms with Crippen molar-refractivity contribution >= 4 is 23.3 Å². The quantitative estimate of drug-likeness (QED) is 0.606. The Labute approximate surface area is 201 Å². The summed E-state index contributed by atoms with van der Waals surface area (Å²) in [6, 6.07) is 9.64. The molecular weight excluding hydrogens is 434 g/mol. The monoisotopic (exact) mass is 471 g/mol. The van der Waals surface area contributed by atoms with Crippen LogP contribution in [0, 0.1) is 6.92 Å². The van der Waals surface area contributed by atoms with Crippen molar-refractivity contribution in [1.82, 2.24) is 15.1 Å². The number of rotatable bonds is 7. The smallest absolute Gasteiger partial charge is 0.318 e. The van der Waals surface area contributed by atoms with Gasteiger partial charge in [-0.25, -0.2) is 4.79 Å². The van der Waals surface area contributed by atoms with E-state index in [1.54, 1.807) is 16.2 Å². The predicted molar refractivity (Wildman–Crippen MR) is 134 cm³/mol. The van der Waals surface area contributed by atoms with E-state index < -0.39 is 0 Å². The van der Waals surface area contributed by atoms with Gasteiger partial charge in [0.15, 0.2) is 0 Å². The number of carbonyl (C=O) groups excluding carboxylic acids is 2. The lowest BCUT2D eigenvalue weighted by molar-refractivity contribution is -0.136. The second kappa shape index (κ2) is 10.6. The predicted octanol–water partition coefficient (Wildman–Crippen LogP) is 5.17. The molecule has 0 unspecified atom stereocenters. The van der Waals surface area contributed by atoms with Gasteiger partial charge in [-0.2, -0.15) is 0 Å². The van der Waals surface area contributed by atoms with Gasteiger partial charge in [0.05, 0.1) is 6.04 Å². The van der Waals surface area contributed by atoms with E-state index in [1.807, 2.05) is 70.7 Å². The summed E-state index contributed by atoms with van der Waals surface area (Å²) in [4.78, 5) is 31.4. The highest BCUT2D eigenvalue weighted by molar-refractivity contribution is 7.10. The van der Waals surface area contributed by atoms with Crippen molar-refractivity contribution in [2.24, 2.45) is 0 Å². The fourth-order valence-electron chi connectivity index (χ4n) is 3.96. The lowest BCUT2D eigenvalue weighted by Gasteiger charge is -2.38. The number of amides is 3. The maximum atomic E-state index is 13.5. The van der Waals surface area contributed by atoms with Gasteiger partial charge >= 0.3 is 6.03 Å². The summed E-state index contributed by atoms with van der Waals surface area (Å²) >= 11 is 1.73. The molecule has 2 heterocycles. The minimum absolute atomic E-state index is 0.0416. The summed E-state index contributed by atoms with van der Waals surface area (Å²) in [6.07, 6.45) is 1.61. The number of carbonyl (C=O) groups is 2. The highest BCUT2D eigenvalue weighted by Crippen LogP contribution is 2.34. The molecular formula is C26H37N3O3S. The molecule has 1 aliphatic rings. The summed E-state index contributed by atoms with van der Waals surface area (Å²) in [5.74, 6) is 0.745. The van der Waals surface area contributed by atoms with E-state index in [1.165, 1.54) is 10.4 Å². The maximum Gasteiger partial charge on any atom is 0.318 e. The molecule has 0 bridgehead atoms. The Balaban J connectivity index is 1.78. The normalized spacial score (nSPS) is 16.7. The average Bonchev–Trinajstić information content (AvgIpc) is 3.24. The van der Waals surface area contributed by atoms with Crippen LogP contribution in [0.1, 0.15) is 63.1 Å². The van der Waals surface area contributed by atoms with Crippen LogP contribution in [0.3, 0.4) is 0 Å². The third-order valence-electron chi connectivity index (χ3n) is 6.02. The topological polar surface area (TPSA) is 61.9 Å². The number of aryl methyl sites for hydroxylation is 1. The molecule has 0 spiro atoms. The van der Waals surface area contributed by atoms with Crippen molar-refractivity contribution in [3.63, 3.8) is 0 Å². The van der Waals surface area contributed by atoms with Crippen molar-refractivity contribution in [3.8, 4) is 5.75 Å². The molecule has 0 saturated heterocycles. The molecule has 2 atom stereocenters. The van der Waals surface area contributed by atoms with Crippen LogP contribution in [0.15, 0.2) is 35.7 Å². The van der Waals surface area contributed by atoms with E-state index >= 15 is 0 Å². The second-order valence-corrected chi connectivity index (χ2v) is 10.8. The van der Waals surface area contributed by atoms with E-state index in [9.17, 15) is 9.59 Å². The molecule has 3 rings (SSSR count). The molecule has 3 amide bonds. The van der Waals surface area contributed by atoms with Crippen molar-refractivity contribution in [2.45, 2.75) is 72.0 Å². The van der Waals surface area contributed by atoms with Gasteiger partial charge in [-0.3, -0.25) is 4.79 Å². The van der Waals surface area contributed by atoms with Gasteiger partial charge in [0, 0.05) is 23.0 Å². The van der Waals surface area contributed by atoms with E-state index in [2.05, 4.69) is 16.8 Å². The molecule has 1 aromatic heterocycles. The standard InChI is InChI=1S/C26H37N3O3S/c1-7-19(3)29(25(31)27-26(4,5)6)16-24(30)28-14-12-23-21(13-15-33-23)22(28)17-32-20-10-8-18(2)9-11-20/h8-11,13,15,19,22H,7,12,14,16-17H2,1-6H3,(H,27,31)/t19-,22+/m1/s1. The minimum atomic E-state index is -0.368. The van der Waals surface area contributed by atoms with E-state index in [-0.39, 0.29) is 36.1 Å². The molecule has 7 heteroatoms. The van der Waals surface area contributed by atoms with Crippen LogP contribution in [-0.2, 0) is 11.2 Å². The summed E-state index contributed by atoms with van der Waals surface area (Å²) in [5.41, 5.74) is 1.96. The number of urea groups is 1. The Kier molecular flexibility index (Phi) is 8.05. The minimum Gasteiger partial charge on any atom is -0.491 e. The lowest BCUT2D eigenvalue weighted by Crippen LogP contribution is -2.55. The number of thiophene rings is 1. The van der Waals surface area contributed by atoms with Crippen LogP contribution in [0.25, 0.3) is 0 Å². The summed E-state index contributed by atoms with van der Waals surface area (Å²) < 4.78 is 6.11. The van der Waals surface area contributed by atoms with E-state index in [4.69, 9.17) is 4.74 Å². The Morgan fingerprint density at radius 1 is 1.24 bits per heavy atom. The molecule has 0 fully saturated rings. The average molecular weight is 472 g/mol. The molecule has 0 saturated carbocycles. The van der Waals surface area contributed by atoms with Crippen molar-refractivity contribution < 1.29 is 14.3 Å². The van der Waals surface area contributed by atoms with Crippen LogP contribution in [0.5, 0.6) is 5.75 Å². The zero-order valence-electron chi connectivity index (χ0n) is 20.7. The van der Waals surface area contributed by atoms with Crippen molar-refractivity contribution in [2.75, 3.05) is 19.7 Å². The SMILES string of the molecule is CC[C@@H](C)N(CC(=O)N1CCc2sccc2[C@@H]1COc1ccc(C)cc1)C(=O)NC(C)(C)C. The van der Waals surface area contributed by atoms with Gasteiger partial charge < -0.3 is 19.9 Å². The third-order valence-corrected chi connectivity index (χ3v) is 7.01. The lowest BCUT2D eigenvalue weighted by atomic mass is 10.00. The van der Waals surface area contributed by atoms with Crippen molar-refractivity contribution in [3.05, 3.63) is 51.7 Å². The number of benzene rings is 1. The van der Waals surface area contributed by atoms with Crippen LogP contribution in [-0.4, -0.2) is 53.0 Å². The Morgan fingerprint density at radius 2 is 1.94 bits per heavy atom. The summed E-state index contributed by atoms with van der Waals surface area (Å²) in [6.45, 7) is 13.0. The first-order valence-corrected chi connectivity index (χ1v) is 12.6. The second-order valence-electron chi connectivity index (χ2n) is 9.84. The zero-order valence-corrected chi connectivity index (χ0v) is 21.5. The molecule has 6 nitrogen and oxygen atoms in total. The molecule has 1 aromatic carbocycles. The van der Waals surface area contributed by atoms with Gasteiger partial charge in [0.2, 0.25) is 5.91 Å². The van der Waals surface area contributed by atoms with Gasteiger partial charge in [-0.05, 0) is 76.6 Å². The molecule has 1 aliphatic heterocycles. The number of hydrogen-bond donors (Lipinski definition) is 1. The Morgan fingerprint density at radius 3 is 2.58 bits per heavy atom. The van der Waals surface area contributed by atoms with Gasteiger partial charge in [0.25, 0.3) is 0 Å².